The van der Waals surface area contributed by atoms with Crippen LogP contribution in [0, 0.1) is 0 Å². The third-order valence-electron chi connectivity index (χ3n) is 6.00. The molecule has 28 heavy (non-hydrogen) atoms. The summed E-state index contributed by atoms with van der Waals surface area (Å²) in [7, 11) is 0. The van der Waals surface area contributed by atoms with Crippen molar-refractivity contribution >= 4 is 17.3 Å². The van der Waals surface area contributed by atoms with Gasteiger partial charge in [-0.05, 0) is 93.1 Å². The zero-order chi connectivity index (χ0) is 19.2. The van der Waals surface area contributed by atoms with E-state index in [1.807, 2.05) is 24.5 Å². The van der Waals surface area contributed by atoms with Gasteiger partial charge in [-0.1, -0.05) is 0 Å². The Labute approximate surface area is 167 Å². The van der Waals surface area contributed by atoms with Crippen LogP contribution in [0.15, 0.2) is 48.8 Å². The number of piperidine rings is 2. The zero-order valence-corrected chi connectivity index (χ0v) is 16.5. The minimum atomic E-state index is 0.0769. The highest BCUT2D eigenvalue weighted by atomic mass is 16.2. The van der Waals surface area contributed by atoms with Crippen molar-refractivity contribution in [3.8, 4) is 0 Å². The predicted molar refractivity (Wildman–Crippen MR) is 114 cm³/mol. The minimum absolute atomic E-state index is 0.0769. The van der Waals surface area contributed by atoms with Crippen LogP contribution in [0.2, 0.25) is 0 Å². The smallest absolute Gasteiger partial charge is 0.238 e. The number of hydrogen-bond donors (Lipinski definition) is 1. The molecule has 1 N–H and O–H groups in total. The zero-order valence-electron chi connectivity index (χ0n) is 16.5. The molecule has 5 heteroatoms. The monoisotopic (exact) mass is 378 g/mol. The summed E-state index contributed by atoms with van der Waals surface area (Å²) < 4.78 is 0. The van der Waals surface area contributed by atoms with Gasteiger partial charge < -0.3 is 10.2 Å². The van der Waals surface area contributed by atoms with E-state index in [1.54, 1.807) is 0 Å². The summed E-state index contributed by atoms with van der Waals surface area (Å²) in [5.41, 5.74) is 3.52. The molecule has 0 aliphatic carbocycles. The Morgan fingerprint density at radius 3 is 2.29 bits per heavy atom. The molecule has 1 aromatic heterocycles. The number of hydrogen-bond acceptors (Lipinski definition) is 4. The molecule has 1 amide bonds. The fourth-order valence-electron chi connectivity index (χ4n) is 4.37. The SMILES string of the molecule is O=C(CN1CCC(c2ccncc2)CC1)Nc1ccc(N2CCCCC2)cc1. The van der Waals surface area contributed by atoms with Crippen molar-refractivity contribution in [1.82, 2.24) is 9.88 Å². The van der Waals surface area contributed by atoms with E-state index in [0.29, 0.717) is 12.5 Å². The van der Waals surface area contributed by atoms with Gasteiger partial charge in [0.05, 0.1) is 6.54 Å². The molecule has 0 saturated carbocycles. The van der Waals surface area contributed by atoms with Crippen molar-refractivity contribution in [1.29, 1.82) is 0 Å². The van der Waals surface area contributed by atoms with Gasteiger partial charge in [-0.3, -0.25) is 14.7 Å². The lowest BCUT2D eigenvalue weighted by Crippen LogP contribution is -2.38. The van der Waals surface area contributed by atoms with Crippen molar-refractivity contribution in [2.45, 2.75) is 38.0 Å². The summed E-state index contributed by atoms with van der Waals surface area (Å²) in [5.74, 6) is 0.665. The standard InChI is InChI=1S/C23H30N4O/c28-23(18-26-16-10-20(11-17-26)19-8-12-24-13-9-19)25-21-4-6-22(7-5-21)27-14-2-1-3-15-27/h4-9,12-13,20H,1-3,10-11,14-18H2,(H,25,28). The summed E-state index contributed by atoms with van der Waals surface area (Å²) >= 11 is 0. The fraction of sp³-hybridized carbons (Fsp3) is 0.478. The summed E-state index contributed by atoms with van der Waals surface area (Å²) in [6.45, 7) is 4.68. The number of rotatable bonds is 5. The maximum absolute atomic E-state index is 12.4. The highest BCUT2D eigenvalue weighted by Gasteiger charge is 2.22. The van der Waals surface area contributed by atoms with Crippen LogP contribution in [-0.4, -0.2) is 48.5 Å². The van der Waals surface area contributed by atoms with Crippen LogP contribution in [0.1, 0.15) is 43.6 Å². The third-order valence-corrected chi connectivity index (χ3v) is 6.00. The Morgan fingerprint density at radius 2 is 1.61 bits per heavy atom. The quantitative estimate of drug-likeness (QED) is 0.857. The van der Waals surface area contributed by atoms with Crippen molar-refractivity contribution in [2.75, 3.05) is 42.9 Å². The lowest BCUT2D eigenvalue weighted by atomic mass is 9.90. The van der Waals surface area contributed by atoms with Crippen LogP contribution in [0.5, 0.6) is 0 Å². The van der Waals surface area contributed by atoms with Crippen LogP contribution in [0.25, 0.3) is 0 Å². The lowest BCUT2D eigenvalue weighted by Gasteiger charge is -2.31. The number of carbonyl (C=O) groups is 1. The first-order chi connectivity index (χ1) is 13.8. The molecule has 0 atom stereocenters. The molecule has 1 aromatic carbocycles. The molecule has 2 saturated heterocycles. The Kier molecular flexibility index (Phi) is 6.22. The highest BCUT2D eigenvalue weighted by molar-refractivity contribution is 5.92. The lowest BCUT2D eigenvalue weighted by molar-refractivity contribution is -0.117. The van der Waals surface area contributed by atoms with Crippen molar-refractivity contribution < 1.29 is 4.79 Å². The molecular weight excluding hydrogens is 348 g/mol. The topological polar surface area (TPSA) is 48.5 Å². The number of benzene rings is 1. The maximum atomic E-state index is 12.4. The molecule has 3 heterocycles. The van der Waals surface area contributed by atoms with Gasteiger partial charge in [0.25, 0.3) is 0 Å². The highest BCUT2D eigenvalue weighted by Crippen LogP contribution is 2.27. The summed E-state index contributed by atoms with van der Waals surface area (Å²) in [6, 6.07) is 12.5. The summed E-state index contributed by atoms with van der Waals surface area (Å²) in [6.07, 6.45) is 9.82. The van der Waals surface area contributed by atoms with Crippen LogP contribution in [0.3, 0.4) is 0 Å². The van der Waals surface area contributed by atoms with E-state index < -0.39 is 0 Å². The molecule has 2 aliphatic heterocycles. The van der Waals surface area contributed by atoms with Crippen molar-refractivity contribution in [3.05, 3.63) is 54.4 Å². The van der Waals surface area contributed by atoms with E-state index in [-0.39, 0.29) is 5.91 Å². The Bertz CT molecular complexity index is 748. The van der Waals surface area contributed by atoms with Gasteiger partial charge in [0.1, 0.15) is 0 Å². The number of anilines is 2. The molecule has 4 rings (SSSR count). The van der Waals surface area contributed by atoms with Crippen molar-refractivity contribution in [2.24, 2.45) is 0 Å². The number of amides is 1. The minimum Gasteiger partial charge on any atom is -0.372 e. The molecule has 148 valence electrons. The third kappa shape index (κ3) is 4.90. The molecule has 0 bridgehead atoms. The first-order valence-electron chi connectivity index (χ1n) is 10.5. The largest absolute Gasteiger partial charge is 0.372 e. The predicted octanol–water partition coefficient (Wildman–Crippen LogP) is 3.89. The molecule has 0 radical (unpaired) electrons. The first-order valence-corrected chi connectivity index (χ1v) is 10.5. The number of nitrogens with zero attached hydrogens (tertiary/aromatic N) is 3. The van der Waals surface area contributed by atoms with Gasteiger partial charge in [0.15, 0.2) is 0 Å². The molecular formula is C23H30N4O. The summed E-state index contributed by atoms with van der Waals surface area (Å²) in [4.78, 5) is 21.2. The molecule has 2 aliphatic rings. The number of aromatic nitrogens is 1. The van der Waals surface area contributed by atoms with Crippen LogP contribution in [-0.2, 0) is 4.79 Å². The van der Waals surface area contributed by atoms with E-state index in [0.717, 1.165) is 44.7 Å². The summed E-state index contributed by atoms with van der Waals surface area (Å²) in [5, 5.41) is 3.05. The normalized spacial score (nSPS) is 18.8. The van der Waals surface area contributed by atoms with Crippen molar-refractivity contribution in [3.63, 3.8) is 0 Å². The van der Waals surface area contributed by atoms with Crippen LogP contribution < -0.4 is 10.2 Å². The number of carbonyl (C=O) groups excluding carboxylic acids is 1. The van der Waals surface area contributed by atoms with Crippen LogP contribution >= 0.6 is 0 Å². The average molecular weight is 379 g/mol. The molecule has 2 fully saturated rings. The van der Waals surface area contributed by atoms with Gasteiger partial charge in [-0.25, -0.2) is 0 Å². The van der Waals surface area contributed by atoms with E-state index >= 15 is 0 Å². The van der Waals surface area contributed by atoms with Gasteiger partial charge >= 0.3 is 0 Å². The second kappa shape index (κ2) is 9.20. The number of nitrogens with one attached hydrogen (secondary N) is 1. The molecule has 0 unspecified atom stereocenters. The second-order valence-electron chi connectivity index (χ2n) is 7.97. The molecule has 2 aromatic rings. The van der Waals surface area contributed by atoms with E-state index in [4.69, 9.17) is 0 Å². The molecule has 0 spiro atoms. The van der Waals surface area contributed by atoms with Crippen LogP contribution in [0.4, 0.5) is 11.4 Å². The maximum Gasteiger partial charge on any atom is 0.238 e. The van der Waals surface area contributed by atoms with E-state index in [1.165, 1.54) is 30.5 Å². The average Bonchev–Trinajstić information content (AvgIpc) is 2.76. The Hall–Kier alpha value is -2.40. The second-order valence-corrected chi connectivity index (χ2v) is 7.97. The van der Waals surface area contributed by atoms with Gasteiger partial charge in [-0.15, -0.1) is 0 Å². The molecule has 5 nitrogen and oxygen atoms in total. The number of likely N-dealkylation sites (tertiary alicyclic amines) is 1. The number of pyridine rings is 1. The van der Waals surface area contributed by atoms with Gasteiger partial charge in [0.2, 0.25) is 5.91 Å². The van der Waals surface area contributed by atoms with E-state index in [2.05, 4.69) is 44.4 Å². The van der Waals surface area contributed by atoms with Gasteiger partial charge in [-0.2, -0.15) is 0 Å². The Morgan fingerprint density at radius 1 is 0.929 bits per heavy atom. The fourth-order valence-corrected chi connectivity index (χ4v) is 4.37. The Balaban J connectivity index is 1.23. The van der Waals surface area contributed by atoms with Gasteiger partial charge in [0, 0.05) is 36.9 Å². The van der Waals surface area contributed by atoms with E-state index in [9.17, 15) is 4.79 Å². The first kappa shape index (κ1) is 18.9.